The number of rotatable bonds is 13. The number of pyridine rings is 2. The van der Waals surface area contributed by atoms with Gasteiger partial charge >= 0.3 is 11.9 Å². The third-order valence-electron chi connectivity index (χ3n) is 12.1. The van der Waals surface area contributed by atoms with E-state index in [1.165, 1.54) is 0 Å². The number of carboxylic acids is 2. The molecule has 10 rings (SSSR count). The van der Waals surface area contributed by atoms with Crippen LogP contribution in [0.1, 0.15) is 81.5 Å². The fraction of sp³-hybridized carbons (Fsp3) is 0.127. The summed E-state index contributed by atoms with van der Waals surface area (Å²) in [4.78, 5) is 36.2. The number of para-hydroxylation sites is 2. The van der Waals surface area contributed by atoms with Gasteiger partial charge in [-0.1, -0.05) is 110 Å². The normalized spacial score (nSPS) is 12.5. The van der Waals surface area contributed by atoms with Gasteiger partial charge in [0.25, 0.3) is 0 Å². The summed E-state index contributed by atoms with van der Waals surface area (Å²) in [5.74, 6) is -1.36. The Morgan fingerprint density at radius 1 is 0.569 bits per heavy atom. The maximum Gasteiger partial charge on any atom is 0.336 e. The number of nitrogens with zero attached hydrogens (tertiary/aromatic N) is 2. The second-order valence-electron chi connectivity index (χ2n) is 16.1. The summed E-state index contributed by atoms with van der Waals surface area (Å²) in [7, 11) is 0. The Morgan fingerprint density at radius 3 is 1.54 bits per heavy atom. The number of carbonyl (C=O) groups is 2. The van der Waals surface area contributed by atoms with Crippen molar-refractivity contribution in [3.05, 3.63) is 191 Å². The molecule has 0 aliphatic rings. The first-order valence-corrected chi connectivity index (χ1v) is 21.4. The highest BCUT2D eigenvalue weighted by molar-refractivity contribution is 6.09. The number of carboxylic acid groups (broad SMARTS) is 2. The van der Waals surface area contributed by atoms with Crippen LogP contribution in [0.2, 0.25) is 0 Å². The number of furan rings is 2. The molecule has 0 saturated heterocycles. The van der Waals surface area contributed by atoms with E-state index in [2.05, 4.69) is 0 Å². The van der Waals surface area contributed by atoms with Crippen LogP contribution in [0.4, 0.5) is 0 Å². The van der Waals surface area contributed by atoms with Crippen LogP contribution in [0.3, 0.4) is 0 Å². The van der Waals surface area contributed by atoms with E-state index in [0.717, 1.165) is 38.6 Å². The van der Waals surface area contributed by atoms with Crippen molar-refractivity contribution in [1.82, 2.24) is 9.97 Å². The molecule has 0 radical (unpaired) electrons. The van der Waals surface area contributed by atoms with Crippen molar-refractivity contribution in [3.63, 3.8) is 0 Å². The largest absolute Gasteiger partial charge is 0.485 e. The van der Waals surface area contributed by atoms with Crippen molar-refractivity contribution in [2.75, 3.05) is 0 Å². The molecule has 320 valence electrons. The summed E-state index contributed by atoms with van der Waals surface area (Å²) in [6.07, 6.45) is 3.48. The summed E-state index contributed by atoms with van der Waals surface area (Å²) in [6, 6.07) is 43.7. The molecule has 10 heteroatoms. The predicted octanol–water partition coefficient (Wildman–Crippen LogP) is 13.4. The third kappa shape index (κ3) is 7.59. The fourth-order valence-corrected chi connectivity index (χ4v) is 8.69. The van der Waals surface area contributed by atoms with Crippen molar-refractivity contribution < 1.29 is 38.1 Å². The molecule has 0 aliphatic carbocycles. The third-order valence-corrected chi connectivity index (χ3v) is 12.1. The first-order valence-electron chi connectivity index (χ1n) is 21.4. The first-order chi connectivity index (χ1) is 31.6. The predicted molar refractivity (Wildman–Crippen MR) is 251 cm³/mol. The molecule has 6 aromatic carbocycles. The number of aromatic nitrogens is 2. The summed E-state index contributed by atoms with van der Waals surface area (Å²) in [5, 5.41) is 23.8. The molecule has 10 aromatic rings. The molecule has 2 N–H and O–H groups in total. The minimum Gasteiger partial charge on any atom is -0.485 e. The van der Waals surface area contributed by atoms with Gasteiger partial charge < -0.3 is 28.5 Å². The maximum atomic E-state index is 13.1. The zero-order valence-electron chi connectivity index (χ0n) is 35.7. The van der Waals surface area contributed by atoms with Gasteiger partial charge in [-0.05, 0) is 90.9 Å². The summed E-state index contributed by atoms with van der Waals surface area (Å²) in [6.45, 7) is 5.88. The van der Waals surface area contributed by atoms with Crippen molar-refractivity contribution in [1.29, 1.82) is 0 Å². The second kappa shape index (κ2) is 16.8. The molecule has 4 aromatic heterocycles. The number of fused-ring (bicyclic) bond motifs is 4. The molecular weight excluding hydrogens is 817 g/mol. The van der Waals surface area contributed by atoms with E-state index in [1.807, 2.05) is 148 Å². The molecule has 0 spiro atoms. The quantitative estimate of drug-likeness (QED) is 0.115. The van der Waals surface area contributed by atoms with Gasteiger partial charge in [0.05, 0.1) is 44.3 Å². The lowest BCUT2D eigenvalue weighted by Crippen LogP contribution is -2.08. The number of aromatic carboxylic acids is 2. The highest BCUT2D eigenvalue weighted by atomic mass is 16.5. The average molecular weight is 859 g/mol. The van der Waals surface area contributed by atoms with Crippen LogP contribution in [-0.4, -0.2) is 32.1 Å². The molecule has 10 nitrogen and oxygen atoms in total. The smallest absolute Gasteiger partial charge is 0.336 e. The lowest BCUT2D eigenvalue weighted by Gasteiger charge is -2.20. The van der Waals surface area contributed by atoms with Gasteiger partial charge in [-0.15, -0.1) is 0 Å². The Labute approximate surface area is 373 Å². The van der Waals surface area contributed by atoms with Crippen LogP contribution >= 0.6 is 0 Å². The molecule has 0 aliphatic heterocycles. The molecule has 2 atom stereocenters. The molecule has 0 saturated carbocycles. The van der Waals surface area contributed by atoms with Crippen LogP contribution in [0.15, 0.2) is 161 Å². The van der Waals surface area contributed by atoms with Gasteiger partial charge in [-0.25, -0.2) is 19.6 Å². The Morgan fingerprint density at radius 2 is 1.03 bits per heavy atom. The Balaban J connectivity index is 0.994. The Kier molecular flexibility index (Phi) is 10.5. The first kappa shape index (κ1) is 40.8. The monoisotopic (exact) mass is 858 g/mol. The topological polar surface area (TPSA) is 145 Å². The van der Waals surface area contributed by atoms with Crippen molar-refractivity contribution in [2.45, 2.75) is 45.8 Å². The van der Waals surface area contributed by atoms with Crippen LogP contribution in [0.5, 0.6) is 11.5 Å². The minimum atomic E-state index is -1.10. The summed E-state index contributed by atoms with van der Waals surface area (Å²) in [5.41, 5.74) is 9.48. The van der Waals surface area contributed by atoms with Gasteiger partial charge in [0.1, 0.15) is 47.4 Å². The fourth-order valence-electron chi connectivity index (χ4n) is 8.69. The van der Waals surface area contributed by atoms with Crippen molar-refractivity contribution in [3.8, 4) is 34.0 Å². The number of ether oxygens (including phenoxy) is 2. The minimum absolute atomic E-state index is 0.0701. The summed E-state index contributed by atoms with van der Waals surface area (Å²) >= 11 is 0. The van der Waals surface area contributed by atoms with Gasteiger partial charge in [0, 0.05) is 21.9 Å². The molecule has 65 heavy (non-hydrogen) atoms. The van der Waals surface area contributed by atoms with Gasteiger partial charge in [-0.3, -0.25) is 0 Å². The zero-order valence-corrected chi connectivity index (χ0v) is 35.7. The molecule has 0 fully saturated rings. The van der Waals surface area contributed by atoms with Crippen molar-refractivity contribution in [2.24, 2.45) is 0 Å². The second-order valence-corrected chi connectivity index (χ2v) is 16.1. The molecule has 0 unspecified atom stereocenters. The highest BCUT2D eigenvalue weighted by Crippen LogP contribution is 2.41. The number of hydrogen-bond donors (Lipinski definition) is 2. The highest BCUT2D eigenvalue weighted by Gasteiger charge is 2.25. The number of aryl methyl sites for hydroxylation is 1. The average Bonchev–Trinajstić information content (AvgIpc) is 3.97. The molecule has 0 amide bonds. The van der Waals surface area contributed by atoms with Crippen LogP contribution in [0.25, 0.3) is 66.3 Å². The van der Waals surface area contributed by atoms with E-state index in [-0.39, 0.29) is 17.2 Å². The SMILES string of the molecule is CCc1ccc(O[C@H](C)c2ccc(Cc3ccc(O[C@@H](C)c4ccccc4)c4c(C(=O)O)cc(-c5coc6ccccc56)nc34)cc2)c2c(C(=O)O)cc(-c3coc4ccccc34)nc12. The summed E-state index contributed by atoms with van der Waals surface area (Å²) < 4.78 is 24.8. The lowest BCUT2D eigenvalue weighted by atomic mass is 9.96. The zero-order chi connectivity index (χ0) is 44.8. The molecular formula is C55H42N2O8. The van der Waals surface area contributed by atoms with Gasteiger partial charge in [-0.2, -0.15) is 0 Å². The van der Waals surface area contributed by atoms with Gasteiger partial charge in [0.2, 0.25) is 0 Å². The van der Waals surface area contributed by atoms with E-state index in [9.17, 15) is 19.8 Å². The van der Waals surface area contributed by atoms with Crippen LogP contribution in [-0.2, 0) is 12.8 Å². The van der Waals surface area contributed by atoms with Crippen LogP contribution < -0.4 is 9.47 Å². The van der Waals surface area contributed by atoms with Gasteiger partial charge in [0.15, 0.2) is 0 Å². The van der Waals surface area contributed by atoms with Crippen LogP contribution in [0, 0.1) is 0 Å². The number of hydrogen-bond acceptors (Lipinski definition) is 8. The Bertz CT molecular complexity index is 3440. The Hall–Kier alpha value is -8.24. The van der Waals surface area contributed by atoms with E-state index >= 15 is 0 Å². The standard InChI is InChI=1S/C55H42N2O8/c1-4-34-22-24-48(50-40(54(58)59)27-44(56-52(34)50)42-29-62-46-16-10-8-14-38(42)46)65-32(3)36-20-18-33(19-21-36)26-37-23-25-49(64-31(2)35-12-6-5-7-13-35)51-41(55(60)61)28-45(57-53(37)51)43-30-63-47-17-11-9-15-39(43)47/h5-25,27-32H,4,26H2,1-3H3,(H,58,59)(H,60,61)/t31-,32+/m0/s1. The lowest BCUT2D eigenvalue weighted by molar-refractivity contribution is 0.0688. The van der Waals surface area contributed by atoms with E-state index in [1.54, 1.807) is 24.7 Å². The van der Waals surface area contributed by atoms with E-state index < -0.39 is 18.0 Å². The molecule has 4 heterocycles. The van der Waals surface area contributed by atoms with E-state index in [0.29, 0.717) is 79.8 Å². The maximum absolute atomic E-state index is 13.1. The number of benzene rings is 6. The van der Waals surface area contributed by atoms with Crippen molar-refractivity contribution >= 4 is 55.7 Å². The molecule has 0 bridgehead atoms. The van der Waals surface area contributed by atoms with E-state index in [4.69, 9.17) is 28.3 Å².